The highest BCUT2D eigenvalue weighted by Gasteiger charge is 2.24. The molecule has 2 N–H and O–H groups in total. The van der Waals surface area contributed by atoms with Crippen molar-refractivity contribution < 1.29 is 27.4 Å². The van der Waals surface area contributed by atoms with Gasteiger partial charge in [0.2, 0.25) is 15.8 Å². The third kappa shape index (κ3) is 4.26. The molecule has 1 aliphatic rings. The van der Waals surface area contributed by atoms with Gasteiger partial charge in [-0.1, -0.05) is 6.07 Å². The van der Waals surface area contributed by atoms with Gasteiger partial charge >= 0.3 is 0 Å². The fourth-order valence-corrected chi connectivity index (χ4v) is 4.40. The van der Waals surface area contributed by atoms with Crippen LogP contribution in [0.4, 0.5) is 0 Å². The molecule has 2 aromatic rings. The zero-order valence-electron chi connectivity index (χ0n) is 17.0. The summed E-state index contributed by atoms with van der Waals surface area (Å²) in [6.07, 6.45) is 0.706. The van der Waals surface area contributed by atoms with Crippen molar-refractivity contribution in [3.8, 4) is 23.0 Å². The van der Waals surface area contributed by atoms with Gasteiger partial charge in [0.25, 0.3) is 0 Å². The maximum absolute atomic E-state index is 11.8. The number of fused-ring (bicyclic) bond motifs is 1. The van der Waals surface area contributed by atoms with Crippen molar-refractivity contribution in [2.45, 2.75) is 24.4 Å². The highest BCUT2D eigenvalue weighted by molar-refractivity contribution is 7.89. The van der Waals surface area contributed by atoms with Crippen LogP contribution in [0.25, 0.3) is 0 Å². The Kier molecular flexibility index (Phi) is 6.21. The molecule has 0 spiro atoms. The molecule has 0 radical (unpaired) electrons. The number of nitrogens with two attached hydrogens (primary N) is 1. The van der Waals surface area contributed by atoms with Gasteiger partial charge in [-0.05, 0) is 35.7 Å². The van der Waals surface area contributed by atoms with Crippen LogP contribution in [0.1, 0.15) is 16.7 Å². The highest BCUT2D eigenvalue weighted by atomic mass is 32.2. The van der Waals surface area contributed by atoms with Gasteiger partial charge in [0, 0.05) is 25.2 Å². The van der Waals surface area contributed by atoms with Crippen molar-refractivity contribution in [1.82, 2.24) is 4.90 Å². The fourth-order valence-electron chi connectivity index (χ4n) is 3.67. The summed E-state index contributed by atoms with van der Waals surface area (Å²) < 4.78 is 45.3. The molecule has 0 saturated heterocycles. The van der Waals surface area contributed by atoms with E-state index in [0.717, 1.165) is 23.2 Å². The van der Waals surface area contributed by atoms with Gasteiger partial charge in [0.05, 0.1) is 28.4 Å². The maximum atomic E-state index is 11.8. The summed E-state index contributed by atoms with van der Waals surface area (Å²) in [5.74, 6) is 2.07. The fraction of sp³-hybridized carbons (Fsp3) is 0.400. The standard InChI is InChI=1S/C20H26N2O6S/c1-25-16-6-5-14(19(27-3)20(16)28-4)11-22-8-7-13-10-18(29(21,23)24)17(26-2)9-15(13)12-22/h5-6,9-10H,7-8,11-12H2,1-4H3,(H2,21,23,24). The van der Waals surface area contributed by atoms with Gasteiger partial charge in [0.15, 0.2) is 11.5 Å². The zero-order valence-corrected chi connectivity index (χ0v) is 17.8. The van der Waals surface area contributed by atoms with E-state index in [1.165, 1.54) is 7.11 Å². The smallest absolute Gasteiger partial charge is 0.241 e. The van der Waals surface area contributed by atoms with Crippen LogP contribution in [-0.4, -0.2) is 48.3 Å². The Bertz CT molecular complexity index is 1010. The number of benzene rings is 2. The highest BCUT2D eigenvalue weighted by Crippen LogP contribution is 2.40. The van der Waals surface area contributed by atoms with Crippen molar-refractivity contribution in [1.29, 1.82) is 0 Å². The summed E-state index contributed by atoms with van der Waals surface area (Å²) >= 11 is 0. The molecule has 3 rings (SSSR count). The van der Waals surface area contributed by atoms with E-state index in [0.29, 0.717) is 36.8 Å². The number of rotatable bonds is 7. The maximum Gasteiger partial charge on any atom is 0.241 e. The van der Waals surface area contributed by atoms with E-state index in [-0.39, 0.29) is 10.6 Å². The third-order valence-corrected chi connectivity index (χ3v) is 6.00. The molecule has 0 amide bonds. The number of hydrogen-bond acceptors (Lipinski definition) is 7. The first kappa shape index (κ1) is 21.2. The van der Waals surface area contributed by atoms with Crippen LogP contribution in [0.2, 0.25) is 0 Å². The topological polar surface area (TPSA) is 100 Å². The minimum Gasteiger partial charge on any atom is -0.495 e. The zero-order chi connectivity index (χ0) is 21.2. The first-order valence-electron chi connectivity index (χ1n) is 9.05. The molecule has 0 unspecified atom stereocenters. The molecule has 9 heteroatoms. The van der Waals surface area contributed by atoms with Crippen LogP contribution < -0.4 is 24.1 Å². The molecule has 0 bridgehead atoms. The lowest BCUT2D eigenvalue weighted by Gasteiger charge is -2.30. The van der Waals surface area contributed by atoms with Crippen LogP contribution >= 0.6 is 0 Å². The lowest BCUT2D eigenvalue weighted by atomic mass is 9.98. The second-order valence-corrected chi connectivity index (χ2v) is 8.30. The normalized spacial score (nSPS) is 14.2. The summed E-state index contributed by atoms with van der Waals surface area (Å²) in [7, 11) is 2.36. The lowest BCUT2D eigenvalue weighted by molar-refractivity contribution is 0.238. The number of nitrogens with zero attached hydrogens (tertiary/aromatic N) is 1. The van der Waals surface area contributed by atoms with E-state index in [2.05, 4.69) is 4.90 Å². The van der Waals surface area contributed by atoms with Crippen LogP contribution in [-0.2, 0) is 29.5 Å². The van der Waals surface area contributed by atoms with Crippen LogP contribution in [0.5, 0.6) is 23.0 Å². The quantitative estimate of drug-likeness (QED) is 0.728. The van der Waals surface area contributed by atoms with Gasteiger partial charge in [-0.3, -0.25) is 4.90 Å². The first-order valence-corrected chi connectivity index (χ1v) is 10.6. The molecule has 0 aromatic heterocycles. The van der Waals surface area contributed by atoms with Crippen molar-refractivity contribution in [3.05, 3.63) is 41.0 Å². The van der Waals surface area contributed by atoms with E-state index in [1.807, 2.05) is 12.1 Å². The minimum absolute atomic E-state index is 0.0220. The van der Waals surface area contributed by atoms with E-state index < -0.39 is 10.0 Å². The number of primary sulfonamides is 1. The number of ether oxygens (including phenoxy) is 4. The van der Waals surface area contributed by atoms with Crippen molar-refractivity contribution in [2.24, 2.45) is 5.14 Å². The van der Waals surface area contributed by atoms with Crippen LogP contribution in [0.3, 0.4) is 0 Å². The molecule has 0 atom stereocenters. The van der Waals surface area contributed by atoms with Crippen LogP contribution in [0.15, 0.2) is 29.2 Å². The predicted molar refractivity (Wildman–Crippen MR) is 108 cm³/mol. The molecule has 0 saturated carbocycles. The van der Waals surface area contributed by atoms with E-state index >= 15 is 0 Å². The molecule has 0 fully saturated rings. The monoisotopic (exact) mass is 422 g/mol. The molecular formula is C20H26N2O6S. The summed E-state index contributed by atoms with van der Waals surface area (Å²) in [4.78, 5) is 2.27. The van der Waals surface area contributed by atoms with E-state index in [9.17, 15) is 8.42 Å². The molecule has 29 heavy (non-hydrogen) atoms. The van der Waals surface area contributed by atoms with Crippen molar-refractivity contribution in [3.63, 3.8) is 0 Å². The van der Waals surface area contributed by atoms with Gasteiger partial charge < -0.3 is 18.9 Å². The van der Waals surface area contributed by atoms with Gasteiger partial charge in [-0.25, -0.2) is 13.6 Å². The summed E-state index contributed by atoms with van der Waals surface area (Å²) in [6.45, 7) is 2.05. The lowest BCUT2D eigenvalue weighted by Crippen LogP contribution is -2.30. The summed E-state index contributed by atoms with van der Waals surface area (Å²) in [5, 5.41) is 5.32. The van der Waals surface area contributed by atoms with Crippen molar-refractivity contribution >= 4 is 10.0 Å². The van der Waals surface area contributed by atoms with Crippen LogP contribution in [0, 0.1) is 0 Å². The molecule has 1 heterocycles. The predicted octanol–water partition coefficient (Wildman–Crippen LogP) is 1.93. The Balaban J connectivity index is 1.89. The van der Waals surface area contributed by atoms with Gasteiger partial charge in [-0.2, -0.15) is 0 Å². The Labute approximate surface area is 171 Å². The molecular weight excluding hydrogens is 396 g/mol. The molecule has 0 aliphatic carbocycles. The molecule has 2 aromatic carbocycles. The average Bonchev–Trinajstić information content (AvgIpc) is 2.71. The third-order valence-electron chi connectivity index (χ3n) is 5.06. The summed E-state index contributed by atoms with van der Waals surface area (Å²) in [5.41, 5.74) is 2.95. The van der Waals surface area contributed by atoms with E-state index in [4.69, 9.17) is 24.1 Å². The molecule has 158 valence electrons. The van der Waals surface area contributed by atoms with E-state index in [1.54, 1.807) is 33.5 Å². The first-order chi connectivity index (χ1) is 13.8. The summed E-state index contributed by atoms with van der Waals surface area (Å²) in [6, 6.07) is 7.20. The van der Waals surface area contributed by atoms with Gasteiger partial charge in [-0.15, -0.1) is 0 Å². The Morgan fingerprint density at radius 3 is 2.21 bits per heavy atom. The number of methoxy groups -OCH3 is 4. The Hall–Kier alpha value is -2.49. The molecule has 8 nitrogen and oxygen atoms in total. The SMILES string of the molecule is COc1cc2c(cc1S(N)(=O)=O)CCN(Cc1ccc(OC)c(OC)c1OC)C2. The number of sulfonamides is 1. The molecule has 1 aliphatic heterocycles. The average molecular weight is 423 g/mol. The number of hydrogen-bond donors (Lipinski definition) is 1. The second-order valence-electron chi connectivity index (χ2n) is 6.77. The van der Waals surface area contributed by atoms with Crippen molar-refractivity contribution in [2.75, 3.05) is 35.0 Å². The Morgan fingerprint density at radius 1 is 0.931 bits per heavy atom. The minimum atomic E-state index is -3.85. The largest absolute Gasteiger partial charge is 0.495 e. The van der Waals surface area contributed by atoms with Gasteiger partial charge in [0.1, 0.15) is 10.6 Å². The Morgan fingerprint density at radius 2 is 1.62 bits per heavy atom. The second kappa shape index (κ2) is 8.48.